The Morgan fingerprint density at radius 3 is 1.59 bits per heavy atom. The number of hydrogen-bond donors (Lipinski definition) is 4. The van der Waals surface area contributed by atoms with E-state index in [-0.39, 0.29) is 12.1 Å². The molecule has 0 aromatic heterocycles. The van der Waals surface area contributed by atoms with E-state index in [9.17, 15) is 9.59 Å². The third kappa shape index (κ3) is 7.62. The fraction of sp³-hybridized carbons (Fsp3) is 0.364. The number of halogens is 4. The van der Waals surface area contributed by atoms with Crippen molar-refractivity contribution in [3.63, 3.8) is 0 Å². The molecule has 10 heteroatoms. The fourth-order valence-electron chi connectivity index (χ4n) is 3.76. The molecule has 32 heavy (non-hydrogen) atoms. The van der Waals surface area contributed by atoms with E-state index in [4.69, 9.17) is 46.4 Å². The van der Waals surface area contributed by atoms with Crippen LogP contribution in [0.15, 0.2) is 36.4 Å². The van der Waals surface area contributed by atoms with Crippen LogP contribution in [0.3, 0.4) is 0 Å². The molecule has 4 amide bonds. The minimum Gasteiger partial charge on any atom is -0.338 e. The average Bonchev–Trinajstić information content (AvgIpc) is 2.75. The molecule has 6 nitrogen and oxygen atoms in total. The molecule has 172 valence electrons. The monoisotopic (exact) mass is 516 g/mol. The molecule has 0 heterocycles. The lowest BCUT2D eigenvalue weighted by atomic mass is 9.81. The van der Waals surface area contributed by atoms with Crippen LogP contribution in [0.25, 0.3) is 0 Å². The molecule has 0 unspecified atom stereocenters. The van der Waals surface area contributed by atoms with Crippen LogP contribution in [0.1, 0.15) is 25.7 Å². The van der Waals surface area contributed by atoms with Gasteiger partial charge in [-0.1, -0.05) is 52.8 Å². The lowest BCUT2D eigenvalue weighted by Gasteiger charge is -2.29. The van der Waals surface area contributed by atoms with E-state index in [1.807, 2.05) is 0 Å². The first-order chi connectivity index (χ1) is 15.3. The van der Waals surface area contributed by atoms with Gasteiger partial charge in [0.1, 0.15) is 0 Å². The van der Waals surface area contributed by atoms with Gasteiger partial charge in [-0.25, -0.2) is 9.59 Å². The average molecular weight is 518 g/mol. The Hall–Kier alpha value is -1.86. The lowest BCUT2D eigenvalue weighted by molar-refractivity contribution is 0.230. The SMILES string of the molecule is O=C(NC[C@H]1CCC[C@H](CNC(=O)Nc2ccc(Cl)cc2Cl)C1)Nc1ccc(Cl)cc1Cl. The molecule has 0 saturated heterocycles. The van der Waals surface area contributed by atoms with Gasteiger partial charge in [-0.15, -0.1) is 0 Å². The van der Waals surface area contributed by atoms with Crippen LogP contribution in [0, 0.1) is 11.8 Å². The summed E-state index contributed by atoms with van der Waals surface area (Å²) in [4.78, 5) is 24.4. The van der Waals surface area contributed by atoms with Crippen molar-refractivity contribution >= 4 is 69.8 Å². The zero-order valence-electron chi connectivity index (χ0n) is 17.2. The molecule has 1 saturated carbocycles. The van der Waals surface area contributed by atoms with Gasteiger partial charge in [-0.2, -0.15) is 0 Å². The molecule has 4 N–H and O–H groups in total. The number of carbonyl (C=O) groups is 2. The Labute approximate surface area is 207 Å². The van der Waals surface area contributed by atoms with E-state index in [0.29, 0.717) is 56.4 Å². The first-order valence-corrected chi connectivity index (χ1v) is 11.8. The minimum absolute atomic E-state index is 0.311. The summed E-state index contributed by atoms with van der Waals surface area (Å²) in [5.41, 5.74) is 1.01. The van der Waals surface area contributed by atoms with Crippen molar-refractivity contribution in [1.29, 1.82) is 0 Å². The summed E-state index contributed by atoms with van der Waals surface area (Å²) in [5.74, 6) is 0.687. The Morgan fingerprint density at radius 2 is 1.19 bits per heavy atom. The first-order valence-electron chi connectivity index (χ1n) is 10.3. The lowest BCUT2D eigenvalue weighted by Crippen LogP contribution is -2.38. The quantitative estimate of drug-likeness (QED) is 0.331. The Balaban J connectivity index is 1.40. The van der Waals surface area contributed by atoms with E-state index in [1.54, 1.807) is 36.4 Å². The summed E-state index contributed by atoms with van der Waals surface area (Å²) >= 11 is 23.9. The second-order valence-corrected chi connectivity index (χ2v) is 9.50. The molecule has 1 fully saturated rings. The predicted octanol–water partition coefficient (Wildman–Crippen LogP) is 7.05. The van der Waals surface area contributed by atoms with Gasteiger partial charge in [0.15, 0.2) is 0 Å². The molecule has 3 rings (SSSR count). The van der Waals surface area contributed by atoms with Gasteiger partial charge < -0.3 is 21.3 Å². The Morgan fingerprint density at radius 1 is 0.750 bits per heavy atom. The third-order valence-electron chi connectivity index (χ3n) is 5.35. The van der Waals surface area contributed by atoms with Gasteiger partial charge in [0.25, 0.3) is 0 Å². The van der Waals surface area contributed by atoms with Crippen LogP contribution in [-0.2, 0) is 0 Å². The van der Waals surface area contributed by atoms with Gasteiger partial charge in [0.05, 0.1) is 21.4 Å². The first kappa shape index (κ1) is 24.8. The predicted molar refractivity (Wildman–Crippen MR) is 132 cm³/mol. The molecule has 0 spiro atoms. The second kappa shape index (κ2) is 11.8. The van der Waals surface area contributed by atoms with Crippen molar-refractivity contribution in [3.05, 3.63) is 56.5 Å². The maximum Gasteiger partial charge on any atom is 0.319 e. The number of urea groups is 2. The zero-order chi connectivity index (χ0) is 23.1. The maximum absolute atomic E-state index is 12.2. The Kier molecular flexibility index (Phi) is 9.17. The summed E-state index contributed by atoms with van der Waals surface area (Å²) in [6, 6.07) is 9.19. The van der Waals surface area contributed by atoms with Gasteiger partial charge in [0.2, 0.25) is 0 Å². The molecule has 0 bridgehead atoms. The maximum atomic E-state index is 12.2. The topological polar surface area (TPSA) is 82.3 Å². The fourth-order valence-corrected chi connectivity index (χ4v) is 4.67. The van der Waals surface area contributed by atoms with E-state index >= 15 is 0 Å². The molecule has 1 aliphatic rings. The third-order valence-corrected chi connectivity index (χ3v) is 6.45. The van der Waals surface area contributed by atoms with Gasteiger partial charge in [-0.05, 0) is 67.5 Å². The number of nitrogens with one attached hydrogen (secondary N) is 4. The molecular formula is C22H24Cl4N4O2. The second-order valence-electron chi connectivity index (χ2n) is 7.82. The van der Waals surface area contributed by atoms with E-state index in [1.165, 1.54) is 0 Å². The van der Waals surface area contributed by atoms with Crippen molar-refractivity contribution in [2.75, 3.05) is 23.7 Å². The number of hydrogen-bond acceptors (Lipinski definition) is 2. The molecule has 2 aromatic rings. The summed E-state index contributed by atoms with van der Waals surface area (Å²) in [6.45, 7) is 1.11. The van der Waals surface area contributed by atoms with Crippen LogP contribution >= 0.6 is 46.4 Å². The largest absolute Gasteiger partial charge is 0.338 e. The summed E-state index contributed by atoms with van der Waals surface area (Å²) in [6.07, 6.45) is 4.04. The number of carbonyl (C=O) groups excluding carboxylic acids is 2. The van der Waals surface area contributed by atoms with Crippen molar-refractivity contribution in [2.45, 2.75) is 25.7 Å². The summed E-state index contributed by atoms with van der Waals surface area (Å²) in [5, 5.41) is 13.1. The molecule has 1 aliphatic carbocycles. The highest BCUT2D eigenvalue weighted by Gasteiger charge is 2.23. The molecule has 0 radical (unpaired) electrons. The van der Waals surface area contributed by atoms with E-state index in [0.717, 1.165) is 25.7 Å². The van der Waals surface area contributed by atoms with Crippen LogP contribution in [0.4, 0.5) is 21.0 Å². The molecule has 0 aliphatic heterocycles. The van der Waals surface area contributed by atoms with Crippen LogP contribution in [0.2, 0.25) is 20.1 Å². The number of rotatable bonds is 6. The summed E-state index contributed by atoms with van der Waals surface area (Å²) < 4.78 is 0. The van der Waals surface area contributed by atoms with E-state index < -0.39 is 0 Å². The van der Waals surface area contributed by atoms with Crippen molar-refractivity contribution in [3.8, 4) is 0 Å². The number of benzene rings is 2. The van der Waals surface area contributed by atoms with Crippen molar-refractivity contribution in [1.82, 2.24) is 10.6 Å². The zero-order valence-corrected chi connectivity index (χ0v) is 20.2. The highest BCUT2D eigenvalue weighted by atomic mass is 35.5. The highest BCUT2D eigenvalue weighted by Crippen LogP contribution is 2.29. The number of anilines is 2. The standard InChI is InChI=1S/C22H24Cl4N4O2/c23-15-4-6-19(17(25)9-15)29-21(31)27-11-13-2-1-3-14(8-13)12-28-22(32)30-20-7-5-16(24)10-18(20)26/h4-7,9-10,13-14H,1-3,8,11-12H2,(H2,27,29,31)(H2,28,30,32)/t13-,14-/m0/s1. The van der Waals surface area contributed by atoms with Gasteiger partial charge in [-0.3, -0.25) is 0 Å². The van der Waals surface area contributed by atoms with Crippen LogP contribution in [-0.4, -0.2) is 25.2 Å². The Bertz CT molecular complexity index is 897. The van der Waals surface area contributed by atoms with Crippen molar-refractivity contribution in [2.24, 2.45) is 11.8 Å². The van der Waals surface area contributed by atoms with Crippen LogP contribution in [0.5, 0.6) is 0 Å². The highest BCUT2D eigenvalue weighted by molar-refractivity contribution is 6.37. The number of amides is 4. The van der Waals surface area contributed by atoms with Crippen LogP contribution < -0.4 is 21.3 Å². The smallest absolute Gasteiger partial charge is 0.319 e. The van der Waals surface area contributed by atoms with E-state index in [2.05, 4.69) is 21.3 Å². The molecule has 2 aromatic carbocycles. The molecule has 2 atom stereocenters. The molecular weight excluding hydrogens is 494 g/mol. The minimum atomic E-state index is -0.311. The van der Waals surface area contributed by atoms with Crippen molar-refractivity contribution < 1.29 is 9.59 Å². The summed E-state index contributed by atoms with van der Waals surface area (Å²) in [7, 11) is 0. The normalized spacial score (nSPS) is 18.0. The van der Waals surface area contributed by atoms with Gasteiger partial charge >= 0.3 is 12.1 Å². The van der Waals surface area contributed by atoms with Gasteiger partial charge in [0, 0.05) is 23.1 Å².